The molecule has 0 aromatic carbocycles. The van der Waals surface area contributed by atoms with Gasteiger partial charge in [0.05, 0.1) is 12.8 Å². The lowest BCUT2D eigenvalue weighted by molar-refractivity contribution is 0.158. The molecule has 150 valence electrons. The Kier molecular flexibility index (Phi) is 8.77. The molecule has 27 heavy (non-hydrogen) atoms. The molecule has 1 aliphatic rings. The van der Waals surface area contributed by atoms with Crippen molar-refractivity contribution < 1.29 is 9.52 Å². The molecule has 2 N–H and O–H groups in total. The number of aliphatic hydroxyl groups is 1. The van der Waals surface area contributed by atoms with E-state index in [4.69, 9.17) is 4.42 Å². The zero-order valence-electron chi connectivity index (χ0n) is 15.7. The zero-order valence-corrected chi connectivity index (χ0v) is 18.8. The number of furan rings is 1. The number of aryl methyl sites for hydroxylation is 1. The molecule has 8 nitrogen and oxygen atoms in total. The normalized spacial score (nSPS) is 16.2. The van der Waals surface area contributed by atoms with Crippen molar-refractivity contribution in [3.8, 4) is 0 Å². The number of aromatic nitrogens is 2. The summed E-state index contributed by atoms with van der Waals surface area (Å²) in [4.78, 5) is 13.6. The topological polar surface area (TPSA) is 90.0 Å². The predicted octanol–water partition coefficient (Wildman–Crippen LogP) is 2.13. The number of nitrogens with zero attached hydrogens (tertiary/aromatic N) is 5. The molecule has 0 spiro atoms. The van der Waals surface area contributed by atoms with Crippen LogP contribution in [0.1, 0.15) is 31.5 Å². The molecule has 2 aromatic heterocycles. The van der Waals surface area contributed by atoms with Crippen LogP contribution in [0.5, 0.6) is 0 Å². The lowest BCUT2D eigenvalue weighted by Gasteiger charge is -2.36. The SMILES string of the molecule is CCNC(=NCC(O)c1ccco1)N1CCN(c2nc(CC)ns2)CC1.I. The molecule has 1 saturated heterocycles. The van der Waals surface area contributed by atoms with Crippen LogP contribution < -0.4 is 10.2 Å². The summed E-state index contributed by atoms with van der Waals surface area (Å²) in [7, 11) is 0. The van der Waals surface area contributed by atoms with Gasteiger partial charge in [-0.2, -0.15) is 4.37 Å². The maximum absolute atomic E-state index is 10.2. The maximum Gasteiger partial charge on any atom is 0.205 e. The van der Waals surface area contributed by atoms with Crippen LogP contribution in [0.2, 0.25) is 0 Å². The van der Waals surface area contributed by atoms with Gasteiger partial charge in [-0.1, -0.05) is 6.92 Å². The van der Waals surface area contributed by atoms with Crippen molar-refractivity contribution in [1.29, 1.82) is 0 Å². The van der Waals surface area contributed by atoms with Crippen LogP contribution >= 0.6 is 35.5 Å². The van der Waals surface area contributed by atoms with Gasteiger partial charge in [0.15, 0.2) is 5.96 Å². The fourth-order valence-electron chi connectivity index (χ4n) is 2.80. The lowest BCUT2D eigenvalue weighted by atomic mass is 10.3. The van der Waals surface area contributed by atoms with Gasteiger partial charge in [0.1, 0.15) is 17.7 Å². The third-order valence-corrected chi connectivity index (χ3v) is 5.06. The summed E-state index contributed by atoms with van der Waals surface area (Å²) < 4.78 is 9.60. The van der Waals surface area contributed by atoms with Gasteiger partial charge >= 0.3 is 0 Å². The van der Waals surface area contributed by atoms with Crippen molar-refractivity contribution in [2.75, 3.05) is 44.2 Å². The molecule has 2 aromatic rings. The Morgan fingerprint density at radius 3 is 2.74 bits per heavy atom. The maximum atomic E-state index is 10.2. The van der Waals surface area contributed by atoms with E-state index in [-0.39, 0.29) is 30.5 Å². The number of nitrogens with one attached hydrogen (secondary N) is 1. The quantitative estimate of drug-likeness (QED) is 0.353. The Morgan fingerprint density at radius 2 is 2.15 bits per heavy atom. The van der Waals surface area contributed by atoms with Crippen molar-refractivity contribution in [3.63, 3.8) is 0 Å². The number of aliphatic hydroxyl groups excluding tert-OH is 1. The summed E-state index contributed by atoms with van der Waals surface area (Å²) in [6, 6.07) is 3.53. The molecule has 3 heterocycles. The Morgan fingerprint density at radius 1 is 1.37 bits per heavy atom. The van der Waals surface area contributed by atoms with Crippen molar-refractivity contribution in [1.82, 2.24) is 19.6 Å². The van der Waals surface area contributed by atoms with Crippen LogP contribution in [0, 0.1) is 0 Å². The highest BCUT2D eigenvalue weighted by Crippen LogP contribution is 2.19. The van der Waals surface area contributed by atoms with Crippen LogP contribution in [0.3, 0.4) is 0 Å². The first kappa shape index (κ1) is 21.9. The molecular formula is C17H27IN6O2S. The molecule has 1 atom stereocenters. The second-order valence-electron chi connectivity index (χ2n) is 6.05. The summed E-state index contributed by atoms with van der Waals surface area (Å²) in [5.41, 5.74) is 0. The molecule has 0 bridgehead atoms. The van der Waals surface area contributed by atoms with Gasteiger partial charge in [-0.3, -0.25) is 0 Å². The highest BCUT2D eigenvalue weighted by Gasteiger charge is 2.22. The van der Waals surface area contributed by atoms with Crippen LogP contribution in [-0.4, -0.2) is 64.6 Å². The molecule has 0 amide bonds. The number of piperazine rings is 1. The van der Waals surface area contributed by atoms with E-state index in [1.54, 1.807) is 18.4 Å². The van der Waals surface area contributed by atoms with E-state index in [0.29, 0.717) is 5.76 Å². The summed E-state index contributed by atoms with van der Waals surface area (Å²) in [6.45, 7) is 8.63. The zero-order chi connectivity index (χ0) is 18.4. The van der Waals surface area contributed by atoms with Crippen LogP contribution in [-0.2, 0) is 6.42 Å². The lowest BCUT2D eigenvalue weighted by Crippen LogP contribution is -2.52. The standard InChI is InChI=1S/C17H26N6O2S.HI/c1-3-15-20-17(26-21-15)23-9-7-22(8-10-23)16(18-4-2)19-12-13(24)14-6-5-11-25-14;/h5-6,11,13,24H,3-4,7-10,12H2,1-2H3,(H,18,19);1H. The summed E-state index contributed by atoms with van der Waals surface area (Å²) in [5, 5.41) is 14.5. The van der Waals surface area contributed by atoms with E-state index in [2.05, 4.69) is 36.4 Å². The molecule has 1 aliphatic heterocycles. The van der Waals surface area contributed by atoms with E-state index in [0.717, 1.165) is 56.1 Å². The van der Waals surface area contributed by atoms with Crippen LogP contribution in [0.4, 0.5) is 5.13 Å². The Hall–Kier alpha value is -1.40. The Labute approximate surface area is 180 Å². The number of rotatable bonds is 6. The van der Waals surface area contributed by atoms with Gasteiger partial charge in [0.2, 0.25) is 5.13 Å². The molecule has 1 fully saturated rings. The summed E-state index contributed by atoms with van der Waals surface area (Å²) in [5.74, 6) is 2.27. The monoisotopic (exact) mass is 506 g/mol. The molecule has 0 saturated carbocycles. The average Bonchev–Trinajstić information content (AvgIpc) is 3.37. The van der Waals surface area contributed by atoms with Crippen molar-refractivity contribution in [3.05, 3.63) is 30.0 Å². The molecule has 0 radical (unpaired) electrons. The van der Waals surface area contributed by atoms with E-state index in [1.165, 1.54) is 11.5 Å². The molecule has 10 heteroatoms. The van der Waals surface area contributed by atoms with E-state index >= 15 is 0 Å². The Bertz CT molecular complexity index is 700. The third-order valence-electron chi connectivity index (χ3n) is 4.24. The van der Waals surface area contributed by atoms with Crippen molar-refractivity contribution in [2.45, 2.75) is 26.4 Å². The second kappa shape index (κ2) is 10.8. The minimum atomic E-state index is -0.728. The summed E-state index contributed by atoms with van der Waals surface area (Å²) >= 11 is 1.47. The predicted molar refractivity (Wildman–Crippen MR) is 118 cm³/mol. The van der Waals surface area contributed by atoms with Crippen LogP contribution in [0.15, 0.2) is 27.8 Å². The third kappa shape index (κ3) is 5.79. The highest BCUT2D eigenvalue weighted by atomic mass is 127. The van der Waals surface area contributed by atoms with E-state index in [1.807, 2.05) is 6.92 Å². The van der Waals surface area contributed by atoms with Gasteiger partial charge in [0, 0.05) is 50.7 Å². The largest absolute Gasteiger partial charge is 0.467 e. The van der Waals surface area contributed by atoms with Crippen molar-refractivity contribution in [2.24, 2.45) is 4.99 Å². The minimum absolute atomic E-state index is 0. The first-order valence-electron chi connectivity index (χ1n) is 9.03. The molecule has 3 rings (SSSR count). The molecule has 1 unspecified atom stereocenters. The average molecular weight is 506 g/mol. The number of hydrogen-bond donors (Lipinski definition) is 2. The number of aliphatic imine (C=N–C) groups is 1. The Balaban J connectivity index is 0.00000261. The van der Waals surface area contributed by atoms with E-state index < -0.39 is 6.10 Å². The highest BCUT2D eigenvalue weighted by molar-refractivity contribution is 14.0. The molecule has 0 aliphatic carbocycles. The van der Waals surface area contributed by atoms with Gasteiger partial charge in [-0.05, 0) is 19.1 Å². The number of guanidine groups is 1. The molecular weight excluding hydrogens is 479 g/mol. The van der Waals surface area contributed by atoms with Crippen molar-refractivity contribution >= 4 is 46.6 Å². The second-order valence-corrected chi connectivity index (χ2v) is 6.78. The van der Waals surface area contributed by atoms with Gasteiger partial charge in [0.25, 0.3) is 0 Å². The first-order valence-corrected chi connectivity index (χ1v) is 9.80. The van der Waals surface area contributed by atoms with Crippen LogP contribution in [0.25, 0.3) is 0 Å². The fourth-order valence-corrected chi connectivity index (χ4v) is 3.60. The number of halogens is 1. The first-order chi connectivity index (χ1) is 12.7. The minimum Gasteiger partial charge on any atom is -0.467 e. The van der Waals surface area contributed by atoms with Gasteiger partial charge in [-0.25, -0.2) is 9.98 Å². The number of anilines is 1. The number of hydrogen-bond acceptors (Lipinski definition) is 7. The van der Waals surface area contributed by atoms with Gasteiger partial charge in [-0.15, -0.1) is 24.0 Å². The summed E-state index contributed by atoms with van der Waals surface area (Å²) in [6.07, 6.45) is 1.70. The van der Waals surface area contributed by atoms with E-state index in [9.17, 15) is 5.11 Å². The fraction of sp³-hybridized carbons (Fsp3) is 0.588. The van der Waals surface area contributed by atoms with Gasteiger partial charge < -0.3 is 24.6 Å². The smallest absolute Gasteiger partial charge is 0.205 e.